The number of fused-ring (bicyclic) bond motifs is 1. The van der Waals surface area contributed by atoms with Gasteiger partial charge >= 0.3 is 0 Å². The van der Waals surface area contributed by atoms with Crippen molar-refractivity contribution < 1.29 is 14.3 Å². The van der Waals surface area contributed by atoms with Gasteiger partial charge in [-0.1, -0.05) is 23.7 Å². The van der Waals surface area contributed by atoms with E-state index in [0.29, 0.717) is 35.2 Å². The third-order valence-corrected chi connectivity index (χ3v) is 4.11. The van der Waals surface area contributed by atoms with Gasteiger partial charge in [0.15, 0.2) is 11.5 Å². The number of benzene rings is 2. The van der Waals surface area contributed by atoms with Crippen molar-refractivity contribution in [2.75, 3.05) is 32.1 Å². The lowest BCUT2D eigenvalue weighted by molar-refractivity contribution is -0.117. The average molecular weight is 372 g/mol. The number of para-hydroxylation sites is 2. The highest BCUT2D eigenvalue weighted by molar-refractivity contribution is 6.31. The van der Waals surface area contributed by atoms with Crippen LogP contribution in [0, 0.1) is 11.3 Å². The Bertz CT molecular complexity index is 850. The summed E-state index contributed by atoms with van der Waals surface area (Å²) in [5.74, 6) is 1.21. The number of nitriles is 1. The van der Waals surface area contributed by atoms with E-state index in [1.807, 2.05) is 42.3 Å². The molecule has 0 fully saturated rings. The van der Waals surface area contributed by atoms with Gasteiger partial charge in [0.1, 0.15) is 18.8 Å². The van der Waals surface area contributed by atoms with Crippen molar-refractivity contribution >= 4 is 23.2 Å². The molecule has 0 bridgehead atoms. The van der Waals surface area contributed by atoms with Crippen molar-refractivity contribution in [2.24, 2.45) is 0 Å². The molecule has 1 amide bonds. The van der Waals surface area contributed by atoms with E-state index in [1.54, 1.807) is 18.2 Å². The molecule has 0 unspecified atom stereocenters. The number of likely N-dealkylation sites (N-methyl/N-ethyl adjacent to an activating group) is 1. The Kier molecular flexibility index (Phi) is 5.61. The highest BCUT2D eigenvalue weighted by Gasteiger charge is 2.22. The van der Waals surface area contributed by atoms with Crippen LogP contribution in [0.1, 0.15) is 5.56 Å². The number of carbonyl (C=O) groups excluding carboxylic acids is 1. The topological polar surface area (TPSA) is 74.6 Å². The molecule has 2 aromatic carbocycles. The molecular weight excluding hydrogens is 354 g/mol. The van der Waals surface area contributed by atoms with Gasteiger partial charge in [-0.15, -0.1) is 0 Å². The number of ether oxygens (including phenoxy) is 2. The Balaban J connectivity index is 1.54. The van der Waals surface area contributed by atoms with Crippen molar-refractivity contribution in [3.05, 3.63) is 53.1 Å². The number of hydrogen-bond donors (Lipinski definition) is 1. The van der Waals surface area contributed by atoms with Crippen molar-refractivity contribution in [1.29, 1.82) is 5.26 Å². The van der Waals surface area contributed by atoms with Gasteiger partial charge in [0, 0.05) is 11.6 Å². The lowest BCUT2D eigenvalue weighted by atomic mass is 10.2. The molecule has 0 aliphatic carbocycles. The van der Waals surface area contributed by atoms with E-state index < -0.39 is 0 Å². The summed E-state index contributed by atoms with van der Waals surface area (Å²) in [6.45, 7) is 1.11. The first-order valence-corrected chi connectivity index (χ1v) is 8.49. The summed E-state index contributed by atoms with van der Waals surface area (Å²) < 4.78 is 11.6. The van der Waals surface area contributed by atoms with Crippen molar-refractivity contribution in [3.8, 4) is 17.6 Å². The molecule has 3 rings (SSSR count). The molecule has 0 saturated carbocycles. The van der Waals surface area contributed by atoms with Gasteiger partial charge in [0.2, 0.25) is 5.91 Å². The van der Waals surface area contributed by atoms with Crippen LogP contribution >= 0.6 is 11.6 Å². The molecule has 0 spiro atoms. The van der Waals surface area contributed by atoms with Crippen LogP contribution in [0.4, 0.5) is 5.69 Å². The number of nitrogens with zero attached hydrogens (tertiary/aromatic N) is 2. The van der Waals surface area contributed by atoms with E-state index in [0.717, 1.165) is 5.75 Å². The van der Waals surface area contributed by atoms with Gasteiger partial charge in [-0.05, 0) is 37.4 Å². The molecule has 0 aromatic heterocycles. The molecule has 7 heteroatoms. The maximum atomic E-state index is 12.3. The quantitative estimate of drug-likeness (QED) is 0.874. The molecule has 2 aromatic rings. The van der Waals surface area contributed by atoms with E-state index >= 15 is 0 Å². The molecule has 1 aliphatic heterocycles. The maximum Gasteiger partial charge on any atom is 0.238 e. The number of halogens is 1. The second-order valence-corrected chi connectivity index (χ2v) is 6.48. The zero-order valence-corrected chi connectivity index (χ0v) is 15.0. The van der Waals surface area contributed by atoms with Crippen LogP contribution in [0.15, 0.2) is 42.5 Å². The minimum absolute atomic E-state index is 0.152. The molecule has 1 aliphatic rings. The maximum absolute atomic E-state index is 12.3. The normalized spacial score (nSPS) is 15.4. The summed E-state index contributed by atoms with van der Waals surface area (Å²) in [6.07, 6.45) is -0.163. The Morgan fingerprint density at radius 3 is 2.88 bits per heavy atom. The summed E-state index contributed by atoms with van der Waals surface area (Å²) in [6, 6.07) is 14.3. The lowest BCUT2D eigenvalue weighted by Gasteiger charge is -2.29. The van der Waals surface area contributed by atoms with E-state index in [2.05, 4.69) is 5.32 Å². The average Bonchev–Trinajstić information content (AvgIpc) is 2.61. The zero-order valence-electron chi connectivity index (χ0n) is 14.2. The second-order valence-electron chi connectivity index (χ2n) is 6.04. The van der Waals surface area contributed by atoms with Crippen LogP contribution in [0.2, 0.25) is 5.02 Å². The fourth-order valence-corrected chi connectivity index (χ4v) is 2.89. The van der Waals surface area contributed by atoms with Crippen LogP contribution < -0.4 is 14.8 Å². The van der Waals surface area contributed by atoms with Crippen LogP contribution in [-0.4, -0.2) is 43.7 Å². The van der Waals surface area contributed by atoms with E-state index in [9.17, 15) is 4.79 Å². The Hall–Kier alpha value is -2.75. The molecule has 1 N–H and O–H groups in total. The predicted octanol–water partition coefficient (Wildman–Crippen LogP) is 2.92. The van der Waals surface area contributed by atoms with Crippen molar-refractivity contribution in [3.63, 3.8) is 0 Å². The number of carbonyl (C=O) groups is 1. The second kappa shape index (κ2) is 8.09. The van der Waals surface area contributed by atoms with E-state index in [-0.39, 0.29) is 18.6 Å². The Morgan fingerprint density at radius 2 is 2.12 bits per heavy atom. The molecule has 0 radical (unpaired) electrons. The van der Waals surface area contributed by atoms with Gasteiger partial charge in [-0.25, -0.2) is 0 Å². The van der Waals surface area contributed by atoms with Crippen molar-refractivity contribution in [1.82, 2.24) is 4.90 Å². The summed E-state index contributed by atoms with van der Waals surface area (Å²) >= 11 is 5.93. The highest BCUT2D eigenvalue weighted by atomic mass is 35.5. The van der Waals surface area contributed by atoms with E-state index in [1.165, 1.54) is 0 Å². The largest absolute Gasteiger partial charge is 0.486 e. The Morgan fingerprint density at radius 1 is 1.35 bits per heavy atom. The zero-order chi connectivity index (χ0) is 18.5. The summed E-state index contributed by atoms with van der Waals surface area (Å²) in [4.78, 5) is 14.1. The van der Waals surface area contributed by atoms with Crippen LogP contribution in [-0.2, 0) is 4.79 Å². The number of hydrogen-bond acceptors (Lipinski definition) is 5. The molecule has 6 nitrogen and oxygen atoms in total. The van der Waals surface area contributed by atoms with Crippen LogP contribution in [0.25, 0.3) is 0 Å². The predicted molar refractivity (Wildman–Crippen MR) is 98.6 cm³/mol. The first kappa shape index (κ1) is 18.1. The minimum atomic E-state index is -0.233. The molecule has 0 saturated heterocycles. The summed E-state index contributed by atoms with van der Waals surface area (Å²) in [5.41, 5.74) is 0.774. The van der Waals surface area contributed by atoms with Gasteiger partial charge in [0.05, 0.1) is 17.8 Å². The number of anilines is 1. The number of nitrogens with one attached hydrogen (secondary N) is 1. The number of amides is 1. The monoisotopic (exact) mass is 371 g/mol. The van der Waals surface area contributed by atoms with Crippen molar-refractivity contribution in [2.45, 2.75) is 6.10 Å². The molecule has 1 atom stereocenters. The minimum Gasteiger partial charge on any atom is -0.486 e. The van der Waals surface area contributed by atoms with Crippen LogP contribution in [0.3, 0.4) is 0 Å². The van der Waals surface area contributed by atoms with Gasteiger partial charge < -0.3 is 14.8 Å². The highest BCUT2D eigenvalue weighted by Crippen LogP contribution is 2.30. The third-order valence-electron chi connectivity index (χ3n) is 3.87. The molecule has 134 valence electrons. The number of rotatable bonds is 5. The Labute approximate surface area is 156 Å². The molecular formula is C19H18ClN3O3. The standard InChI is InChI=1S/C19H18ClN3O3/c1-23(10-15-12-25-17-4-2-3-5-18(17)26-15)11-19(24)22-16-8-14(20)7-6-13(16)9-21/h2-8,15H,10-12H2,1H3,(H,22,24)/t15-/m1/s1. The fourth-order valence-electron chi connectivity index (χ4n) is 2.72. The lowest BCUT2D eigenvalue weighted by Crippen LogP contribution is -2.42. The van der Waals surface area contributed by atoms with Gasteiger partial charge in [-0.2, -0.15) is 5.26 Å². The fraction of sp³-hybridized carbons (Fsp3) is 0.263. The van der Waals surface area contributed by atoms with E-state index in [4.69, 9.17) is 26.3 Å². The first-order valence-electron chi connectivity index (χ1n) is 8.11. The smallest absolute Gasteiger partial charge is 0.238 e. The van der Waals surface area contributed by atoms with Gasteiger partial charge in [-0.3, -0.25) is 9.69 Å². The summed E-state index contributed by atoms with van der Waals surface area (Å²) in [7, 11) is 1.83. The van der Waals surface area contributed by atoms with Crippen LogP contribution in [0.5, 0.6) is 11.5 Å². The first-order chi connectivity index (χ1) is 12.5. The summed E-state index contributed by atoms with van der Waals surface area (Å²) in [5, 5.41) is 12.3. The molecule has 1 heterocycles. The van der Waals surface area contributed by atoms with Gasteiger partial charge in [0.25, 0.3) is 0 Å². The molecule has 26 heavy (non-hydrogen) atoms. The SMILES string of the molecule is CN(CC(=O)Nc1cc(Cl)ccc1C#N)C[C@@H]1COc2ccccc2O1. The third kappa shape index (κ3) is 4.45.